The van der Waals surface area contributed by atoms with Crippen LogP contribution in [0.15, 0.2) is 83.5 Å². The minimum absolute atomic E-state index is 0.179. The number of carbonyl (C=O) groups excluding carboxylic acids is 1. The molecule has 0 saturated heterocycles. The van der Waals surface area contributed by atoms with Gasteiger partial charge in [0.2, 0.25) is 10.9 Å². The number of ketones is 1. The molecule has 30 heavy (non-hydrogen) atoms. The Hall–Kier alpha value is -3.71. The number of hydrazone groups is 1. The number of nitrogens with zero attached hydrogens (tertiary/aromatic N) is 4. The Kier molecular flexibility index (Phi) is 6.01. The van der Waals surface area contributed by atoms with E-state index in [0.29, 0.717) is 16.5 Å². The van der Waals surface area contributed by atoms with Crippen molar-refractivity contribution in [3.8, 4) is 11.3 Å². The molecule has 4 rings (SSSR count). The third-order valence-corrected chi connectivity index (χ3v) is 5.19. The summed E-state index contributed by atoms with van der Waals surface area (Å²) in [5.74, 6) is -0.311. The number of Topliss-reactive ketones (excluding diaryl/α,β-unsaturated/α-hetero) is 1. The first-order chi connectivity index (χ1) is 14.7. The summed E-state index contributed by atoms with van der Waals surface area (Å²) in [6.45, 7) is 2.13. The summed E-state index contributed by atoms with van der Waals surface area (Å²) in [6, 6.07) is 18.8. The van der Waals surface area contributed by atoms with E-state index in [1.54, 1.807) is 42.7 Å². The van der Waals surface area contributed by atoms with Crippen LogP contribution in [-0.2, 0) is 6.42 Å². The van der Waals surface area contributed by atoms with Crippen molar-refractivity contribution in [1.29, 1.82) is 0 Å². The Balaban J connectivity index is 1.60. The predicted molar refractivity (Wildman–Crippen MR) is 120 cm³/mol. The lowest BCUT2D eigenvalue weighted by atomic mass is 10.1. The number of anilines is 1. The second-order valence-electron chi connectivity index (χ2n) is 6.42. The zero-order valence-corrected chi connectivity index (χ0v) is 17.1. The highest BCUT2D eigenvalue weighted by molar-refractivity contribution is 7.14. The van der Waals surface area contributed by atoms with Crippen LogP contribution in [-0.4, -0.2) is 26.4 Å². The lowest BCUT2D eigenvalue weighted by molar-refractivity contribution is 0.106. The molecule has 0 saturated carbocycles. The second-order valence-corrected chi connectivity index (χ2v) is 7.28. The number of nitrogens with one attached hydrogen (secondary N) is 1. The topological polar surface area (TPSA) is 80.1 Å². The van der Waals surface area contributed by atoms with Crippen LogP contribution in [0.2, 0.25) is 0 Å². The van der Waals surface area contributed by atoms with Crippen LogP contribution in [0.25, 0.3) is 11.3 Å². The Bertz CT molecular complexity index is 1160. The van der Waals surface area contributed by atoms with E-state index in [1.165, 1.54) is 16.9 Å². The number of hydrogen-bond donors (Lipinski definition) is 1. The van der Waals surface area contributed by atoms with Crippen LogP contribution < -0.4 is 5.43 Å². The summed E-state index contributed by atoms with van der Waals surface area (Å²) < 4.78 is 0. The first-order valence-corrected chi connectivity index (χ1v) is 10.4. The van der Waals surface area contributed by atoms with Gasteiger partial charge in [0.25, 0.3) is 0 Å². The van der Waals surface area contributed by atoms with Gasteiger partial charge in [-0.1, -0.05) is 43.3 Å². The molecule has 0 aliphatic carbocycles. The molecule has 1 aromatic carbocycles. The van der Waals surface area contributed by atoms with Crippen molar-refractivity contribution in [1.82, 2.24) is 15.0 Å². The van der Waals surface area contributed by atoms with Gasteiger partial charge in [-0.05, 0) is 36.2 Å². The van der Waals surface area contributed by atoms with Gasteiger partial charge in [-0.2, -0.15) is 5.10 Å². The molecular weight excluding hydrogens is 394 g/mol. The molecule has 0 fully saturated rings. The summed E-state index contributed by atoms with van der Waals surface area (Å²) >= 11 is 1.42. The fourth-order valence-electron chi connectivity index (χ4n) is 2.82. The van der Waals surface area contributed by atoms with Crippen molar-refractivity contribution in [2.75, 3.05) is 5.43 Å². The van der Waals surface area contributed by atoms with Crippen molar-refractivity contribution in [2.45, 2.75) is 13.3 Å². The molecule has 0 radical (unpaired) electrons. The van der Waals surface area contributed by atoms with Gasteiger partial charge in [0.1, 0.15) is 5.69 Å². The summed E-state index contributed by atoms with van der Waals surface area (Å²) in [5, 5.41) is 6.89. The van der Waals surface area contributed by atoms with Crippen molar-refractivity contribution in [3.05, 3.63) is 95.4 Å². The zero-order valence-electron chi connectivity index (χ0n) is 16.3. The summed E-state index contributed by atoms with van der Waals surface area (Å²) in [6.07, 6.45) is 4.20. The molecule has 4 aromatic rings. The number of rotatable bonds is 7. The van der Waals surface area contributed by atoms with E-state index in [-0.39, 0.29) is 11.5 Å². The molecule has 0 atom stereocenters. The smallest absolute Gasteiger partial charge is 0.233 e. The molecule has 0 aliphatic heterocycles. The van der Waals surface area contributed by atoms with Gasteiger partial charge < -0.3 is 0 Å². The number of aryl methyl sites for hydroxylation is 1. The lowest BCUT2D eigenvalue weighted by Crippen LogP contribution is -2.19. The highest BCUT2D eigenvalue weighted by Crippen LogP contribution is 2.25. The maximum Gasteiger partial charge on any atom is 0.233 e. The van der Waals surface area contributed by atoms with E-state index in [1.807, 2.05) is 11.4 Å². The molecule has 0 unspecified atom stereocenters. The van der Waals surface area contributed by atoms with E-state index in [2.05, 4.69) is 56.7 Å². The minimum atomic E-state index is -0.311. The van der Waals surface area contributed by atoms with Gasteiger partial charge in [0.05, 0.1) is 11.4 Å². The van der Waals surface area contributed by atoms with Gasteiger partial charge in [-0.3, -0.25) is 20.2 Å². The maximum atomic E-state index is 13.0. The second kappa shape index (κ2) is 9.19. The first-order valence-electron chi connectivity index (χ1n) is 9.50. The highest BCUT2D eigenvalue weighted by Gasteiger charge is 2.19. The molecular formula is C23H19N5OS. The van der Waals surface area contributed by atoms with E-state index >= 15 is 0 Å². The lowest BCUT2D eigenvalue weighted by Gasteiger charge is -2.05. The Morgan fingerprint density at radius 3 is 2.30 bits per heavy atom. The minimum Gasteiger partial charge on any atom is -0.285 e. The van der Waals surface area contributed by atoms with Crippen LogP contribution in [0.3, 0.4) is 0 Å². The van der Waals surface area contributed by atoms with Crippen molar-refractivity contribution in [2.24, 2.45) is 5.10 Å². The molecule has 0 bridgehead atoms. The van der Waals surface area contributed by atoms with Crippen molar-refractivity contribution < 1.29 is 4.79 Å². The third-order valence-electron chi connectivity index (χ3n) is 4.45. The number of benzene rings is 1. The molecule has 0 aliphatic rings. The van der Waals surface area contributed by atoms with Gasteiger partial charge in [0.15, 0.2) is 5.71 Å². The predicted octanol–water partition coefficient (Wildman–Crippen LogP) is 4.86. The van der Waals surface area contributed by atoms with Gasteiger partial charge >= 0.3 is 0 Å². The summed E-state index contributed by atoms with van der Waals surface area (Å²) in [4.78, 5) is 26.0. The standard InChI is InChI=1S/C23H19N5OS/c1-2-16-9-11-17(12-10-16)20-15-30-23(26-20)28-27-21(18-7-3-5-13-24-18)22(29)19-8-4-6-14-25-19/h3-15H,2H2,1H3,(H,26,28)/b27-21-. The quantitative estimate of drug-likeness (QED) is 0.266. The number of hydrogen-bond acceptors (Lipinski definition) is 7. The molecule has 0 spiro atoms. The van der Waals surface area contributed by atoms with Crippen molar-refractivity contribution >= 4 is 28.0 Å². The molecule has 0 amide bonds. The van der Waals surface area contributed by atoms with Crippen LogP contribution in [0.1, 0.15) is 28.7 Å². The molecule has 3 aromatic heterocycles. The van der Waals surface area contributed by atoms with Crippen molar-refractivity contribution in [3.63, 3.8) is 0 Å². The average Bonchev–Trinajstić information content (AvgIpc) is 3.29. The van der Waals surface area contributed by atoms with Gasteiger partial charge in [-0.25, -0.2) is 4.98 Å². The van der Waals surface area contributed by atoms with E-state index in [0.717, 1.165) is 17.7 Å². The first kappa shape index (κ1) is 19.6. The van der Waals surface area contributed by atoms with E-state index < -0.39 is 0 Å². The number of carbonyl (C=O) groups is 1. The van der Waals surface area contributed by atoms with Crippen LogP contribution in [0.5, 0.6) is 0 Å². The maximum absolute atomic E-state index is 13.0. The fourth-order valence-corrected chi connectivity index (χ4v) is 3.48. The fraction of sp³-hybridized carbons (Fsp3) is 0.0870. The number of pyridine rings is 2. The summed E-state index contributed by atoms with van der Waals surface area (Å²) in [7, 11) is 0. The van der Waals surface area contributed by atoms with E-state index in [9.17, 15) is 4.79 Å². The Morgan fingerprint density at radius 2 is 1.67 bits per heavy atom. The Morgan fingerprint density at radius 1 is 0.967 bits per heavy atom. The largest absolute Gasteiger partial charge is 0.285 e. The molecule has 1 N–H and O–H groups in total. The molecule has 3 heterocycles. The SMILES string of the molecule is CCc1ccc(-c2csc(N/N=C(\C(=O)c3ccccn3)c3ccccn3)n2)cc1. The normalized spacial score (nSPS) is 11.3. The third kappa shape index (κ3) is 4.47. The van der Waals surface area contributed by atoms with Crippen LogP contribution in [0.4, 0.5) is 5.13 Å². The van der Waals surface area contributed by atoms with Crippen LogP contribution >= 0.6 is 11.3 Å². The Labute approximate surface area is 178 Å². The number of aromatic nitrogens is 3. The van der Waals surface area contributed by atoms with Gasteiger partial charge in [0, 0.05) is 23.3 Å². The highest BCUT2D eigenvalue weighted by atomic mass is 32.1. The molecule has 6 nitrogen and oxygen atoms in total. The zero-order chi connectivity index (χ0) is 20.8. The average molecular weight is 414 g/mol. The van der Waals surface area contributed by atoms with Crippen LogP contribution in [0, 0.1) is 0 Å². The molecule has 148 valence electrons. The number of thiazole rings is 1. The van der Waals surface area contributed by atoms with E-state index in [4.69, 9.17) is 0 Å². The monoisotopic (exact) mass is 413 g/mol. The molecule has 7 heteroatoms. The van der Waals surface area contributed by atoms with Gasteiger partial charge in [-0.15, -0.1) is 11.3 Å². The summed E-state index contributed by atoms with van der Waals surface area (Å²) in [5.41, 5.74) is 7.04.